The molecule has 0 atom stereocenters. The summed E-state index contributed by atoms with van der Waals surface area (Å²) in [5.74, 6) is 0.249. The third kappa shape index (κ3) is 4.83. The van der Waals surface area contributed by atoms with E-state index >= 15 is 0 Å². The van der Waals surface area contributed by atoms with E-state index in [9.17, 15) is 18.0 Å². The van der Waals surface area contributed by atoms with Gasteiger partial charge >= 0.3 is 0 Å². The number of hydrazone groups is 1. The van der Waals surface area contributed by atoms with E-state index in [2.05, 4.69) is 20.2 Å². The summed E-state index contributed by atoms with van der Waals surface area (Å²) in [6, 6.07) is 3.87. The van der Waals surface area contributed by atoms with Crippen LogP contribution in [0.5, 0.6) is 5.75 Å². The second-order valence-electron chi connectivity index (χ2n) is 3.55. The van der Waals surface area contributed by atoms with Crippen LogP contribution in [-0.4, -0.2) is 40.8 Å². The van der Waals surface area contributed by atoms with E-state index in [-0.39, 0.29) is 29.4 Å². The van der Waals surface area contributed by atoms with E-state index in [1.807, 2.05) is 0 Å². The lowest BCUT2D eigenvalue weighted by Crippen LogP contribution is -2.30. The molecule has 2 N–H and O–H groups in total. The van der Waals surface area contributed by atoms with Crippen LogP contribution >= 0.6 is 0 Å². The first kappa shape index (κ1) is 16.5. The first-order chi connectivity index (χ1) is 10.0. The first-order valence-electron chi connectivity index (χ1n) is 5.60. The number of hydrogen-bond donors (Lipinski definition) is 2. The van der Waals surface area contributed by atoms with Crippen molar-refractivity contribution in [3.8, 4) is 5.75 Å². The van der Waals surface area contributed by atoms with Gasteiger partial charge in [-0.25, -0.2) is 22.7 Å². The van der Waals surface area contributed by atoms with Crippen LogP contribution in [0.2, 0.25) is 0 Å². The zero-order chi connectivity index (χ0) is 15.7. The molecule has 0 saturated heterocycles. The van der Waals surface area contributed by atoms with Gasteiger partial charge in [0.2, 0.25) is 16.1 Å². The normalized spacial score (nSPS) is 10.1. The smallest absolute Gasteiger partial charge is 0.258 e. The third-order valence-corrected chi connectivity index (χ3v) is 3.74. The summed E-state index contributed by atoms with van der Waals surface area (Å²) in [5, 5.41) is 3.06. The van der Waals surface area contributed by atoms with Gasteiger partial charge in [0.25, 0.3) is 6.08 Å². The Morgan fingerprint density at radius 1 is 1.24 bits per heavy atom. The molecule has 112 valence electrons. The maximum Gasteiger partial charge on any atom is 0.258 e. The van der Waals surface area contributed by atoms with Gasteiger partial charge in [0.05, 0.1) is 12.0 Å². The molecule has 0 spiro atoms. The van der Waals surface area contributed by atoms with Crippen molar-refractivity contribution in [1.29, 1.82) is 0 Å². The summed E-state index contributed by atoms with van der Waals surface area (Å²) < 4.78 is 31.2. The van der Waals surface area contributed by atoms with Crippen LogP contribution in [0, 0.1) is 0 Å². The number of ether oxygens (including phenoxy) is 1. The highest BCUT2D eigenvalue weighted by molar-refractivity contribution is 7.89. The number of nitrogens with zero attached hydrogens (tertiary/aromatic N) is 2. The van der Waals surface area contributed by atoms with Crippen molar-refractivity contribution >= 4 is 27.9 Å². The van der Waals surface area contributed by atoms with Crippen molar-refractivity contribution in [2.45, 2.75) is 4.90 Å². The summed E-state index contributed by atoms with van der Waals surface area (Å²) in [5.41, 5.74) is 2.35. The molecule has 0 bridgehead atoms. The quantitative estimate of drug-likeness (QED) is 0.296. The highest BCUT2D eigenvalue weighted by Gasteiger charge is 2.15. The molecule has 1 rings (SSSR count). The van der Waals surface area contributed by atoms with Crippen LogP contribution in [0.25, 0.3) is 0 Å². The van der Waals surface area contributed by atoms with Crippen molar-refractivity contribution < 1.29 is 22.7 Å². The maximum atomic E-state index is 12.0. The number of isocyanates is 2. The Kier molecular flexibility index (Phi) is 6.25. The topological polar surface area (TPSA) is 126 Å². The number of sulfonamides is 1. The van der Waals surface area contributed by atoms with E-state index in [4.69, 9.17) is 4.74 Å². The molecule has 0 aliphatic carbocycles. The van der Waals surface area contributed by atoms with Crippen LogP contribution in [-0.2, 0) is 19.6 Å². The van der Waals surface area contributed by atoms with Crippen LogP contribution in [0.4, 0.5) is 5.69 Å². The molecule has 0 radical (unpaired) electrons. The standard InChI is InChI=1S/C11H12N4O5S/c1-20-11-3-2-9(6-10(11)12-7-16)21(18,19)15-5-4-13-14-8-17/h2-3,6,13,15H,4-5H2,1H3. The lowest BCUT2D eigenvalue weighted by molar-refractivity contribution is 0.415. The molecule has 10 heteroatoms. The van der Waals surface area contributed by atoms with E-state index < -0.39 is 10.0 Å². The highest BCUT2D eigenvalue weighted by atomic mass is 32.2. The monoisotopic (exact) mass is 312 g/mol. The Morgan fingerprint density at radius 2 is 2.00 bits per heavy atom. The minimum Gasteiger partial charge on any atom is -0.494 e. The molecule has 0 heterocycles. The number of nitrogens with one attached hydrogen (secondary N) is 2. The summed E-state index contributed by atoms with van der Waals surface area (Å²) in [6.45, 7) is 0.121. The predicted octanol–water partition coefficient (Wildman–Crippen LogP) is -0.219. The van der Waals surface area contributed by atoms with Crippen molar-refractivity contribution in [2.75, 3.05) is 20.2 Å². The van der Waals surface area contributed by atoms with Gasteiger partial charge in [0.15, 0.2) is 0 Å². The van der Waals surface area contributed by atoms with Gasteiger partial charge in [-0.15, -0.1) is 0 Å². The van der Waals surface area contributed by atoms with Gasteiger partial charge in [-0.3, -0.25) is 5.43 Å². The molecule has 9 nitrogen and oxygen atoms in total. The molecule has 0 aliphatic heterocycles. The summed E-state index contributed by atoms with van der Waals surface area (Å²) >= 11 is 0. The molecule has 0 aromatic heterocycles. The van der Waals surface area contributed by atoms with E-state index in [0.29, 0.717) is 0 Å². The van der Waals surface area contributed by atoms with Crippen LogP contribution < -0.4 is 14.9 Å². The number of benzene rings is 1. The number of hydrogen-bond acceptors (Lipinski definition) is 8. The molecule has 0 fully saturated rings. The third-order valence-electron chi connectivity index (χ3n) is 2.28. The van der Waals surface area contributed by atoms with Gasteiger partial charge in [0, 0.05) is 13.1 Å². The number of methoxy groups -OCH3 is 1. The second-order valence-corrected chi connectivity index (χ2v) is 5.31. The molecule has 1 aromatic carbocycles. The van der Waals surface area contributed by atoms with E-state index in [1.165, 1.54) is 37.5 Å². The van der Waals surface area contributed by atoms with Gasteiger partial charge in [-0.2, -0.15) is 4.99 Å². The van der Waals surface area contributed by atoms with Crippen LogP contribution in [0.1, 0.15) is 0 Å². The van der Waals surface area contributed by atoms with E-state index in [1.54, 1.807) is 0 Å². The number of carbonyl (C=O) groups excluding carboxylic acids is 2. The first-order valence-corrected chi connectivity index (χ1v) is 7.08. The number of aliphatic imine (C=N–C) groups is 1. The fourth-order valence-corrected chi connectivity index (χ4v) is 2.44. The average Bonchev–Trinajstić information content (AvgIpc) is 2.47. The van der Waals surface area contributed by atoms with Gasteiger partial charge in [0.1, 0.15) is 11.4 Å². The average molecular weight is 312 g/mol. The SMILES string of the molecule is COc1ccc(S(=O)(=O)NCCNN=C=O)cc1N=C=O. The Bertz CT molecular complexity index is 691. The Hall–Kier alpha value is -2.51. The van der Waals surface area contributed by atoms with Crippen LogP contribution in [0.3, 0.4) is 0 Å². The maximum absolute atomic E-state index is 12.0. The van der Waals surface area contributed by atoms with Crippen molar-refractivity contribution in [1.82, 2.24) is 10.1 Å². The fourth-order valence-electron chi connectivity index (χ4n) is 1.39. The molecular formula is C11H12N4O5S. The van der Waals surface area contributed by atoms with Gasteiger partial charge in [-0.1, -0.05) is 5.10 Å². The fraction of sp³-hybridized carbons (Fsp3) is 0.273. The Labute approximate surface area is 120 Å². The summed E-state index contributed by atoms with van der Waals surface area (Å²) in [7, 11) is -2.42. The number of rotatable bonds is 8. The zero-order valence-corrected chi connectivity index (χ0v) is 11.8. The van der Waals surface area contributed by atoms with Crippen molar-refractivity contribution in [3.05, 3.63) is 18.2 Å². The molecule has 1 aromatic rings. The molecule has 0 amide bonds. The Balaban J connectivity index is 2.90. The molecular weight excluding hydrogens is 300 g/mol. The summed E-state index contributed by atoms with van der Waals surface area (Å²) in [4.78, 5) is 23.4. The molecule has 0 unspecified atom stereocenters. The van der Waals surface area contributed by atoms with Crippen LogP contribution in [0.15, 0.2) is 33.2 Å². The predicted molar refractivity (Wildman–Crippen MR) is 72.1 cm³/mol. The molecule has 21 heavy (non-hydrogen) atoms. The second kappa shape index (κ2) is 7.93. The largest absolute Gasteiger partial charge is 0.494 e. The molecule has 0 saturated carbocycles. The zero-order valence-electron chi connectivity index (χ0n) is 11.0. The van der Waals surface area contributed by atoms with E-state index in [0.717, 1.165) is 0 Å². The highest BCUT2D eigenvalue weighted by Crippen LogP contribution is 2.29. The Morgan fingerprint density at radius 3 is 2.62 bits per heavy atom. The lowest BCUT2D eigenvalue weighted by Gasteiger charge is -2.08. The van der Waals surface area contributed by atoms with Gasteiger partial charge < -0.3 is 4.74 Å². The lowest BCUT2D eigenvalue weighted by atomic mass is 10.3. The molecule has 0 aliphatic rings. The van der Waals surface area contributed by atoms with Crippen molar-refractivity contribution in [2.24, 2.45) is 10.1 Å². The van der Waals surface area contributed by atoms with Crippen molar-refractivity contribution in [3.63, 3.8) is 0 Å². The minimum atomic E-state index is -3.79. The summed E-state index contributed by atoms with van der Waals surface area (Å²) in [6.07, 6.45) is 2.58. The van der Waals surface area contributed by atoms with Gasteiger partial charge in [-0.05, 0) is 18.2 Å². The minimum absolute atomic E-state index is 0.00578.